The fourth-order valence-corrected chi connectivity index (χ4v) is 1.64. The number of rotatable bonds is 1. The van der Waals surface area contributed by atoms with E-state index in [2.05, 4.69) is 26.0 Å². The minimum atomic E-state index is -0.276. The molecule has 0 aliphatic carbocycles. The van der Waals surface area contributed by atoms with Crippen LogP contribution in [0.25, 0.3) is 11.4 Å². The van der Waals surface area contributed by atoms with Gasteiger partial charge in [0.05, 0.1) is 0 Å². The minimum absolute atomic E-state index is 0.276. The Labute approximate surface area is 88.7 Å². The van der Waals surface area contributed by atoms with Crippen LogP contribution in [0.3, 0.4) is 0 Å². The Hall–Kier alpha value is -1.23. The average molecular weight is 256 g/mol. The van der Waals surface area contributed by atoms with Gasteiger partial charge in [0.15, 0.2) is 5.82 Å². The summed E-state index contributed by atoms with van der Waals surface area (Å²) in [6.07, 6.45) is 0. The lowest BCUT2D eigenvalue weighted by atomic mass is 10.2. The molecule has 0 aliphatic rings. The Balaban J connectivity index is 2.54. The van der Waals surface area contributed by atoms with Gasteiger partial charge in [-0.15, -0.1) is 5.10 Å². The number of aryl methyl sites for hydroxylation is 1. The maximum atomic E-state index is 12.9. The summed E-state index contributed by atoms with van der Waals surface area (Å²) in [6.45, 7) is 0. The van der Waals surface area contributed by atoms with E-state index in [1.807, 2.05) is 0 Å². The summed E-state index contributed by atoms with van der Waals surface area (Å²) in [5, 5.41) is 4.02. The molecule has 0 unspecified atom stereocenters. The largest absolute Gasteiger partial charge is 0.248 e. The van der Waals surface area contributed by atoms with E-state index >= 15 is 0 Å². The van der Waals surface area contributed by atoms with Crippen molar-refractivity contribution < 1.29 is 4.39 Å². The first-order valence-electron chi connectivity index (χ1n) is 3.99. The van der Waals surface area contributed by atoms with Crippen LogP contribution in [0.1, 0.15) is 0 Å². The first-order valence-corrected chi connectivity index (χ1v) is 4.78. The molecular formula is C9H7BrFN3. The van der Waals surface area contributed by atoms with Crippen molar-refractivity contribution in [3.8, 4) is 11.4 Å². The van der Waals surface area contributed by atoms with Crippen molar-refractivity contribution in [3.63, 3.8) is 0 Å². The summed E-state index contributed by atoms with van der Waals surface area (Å²) in [5.41, 5.74) is 0.714. The van der Waals surface area contributed by atoms with Gasteiger partial charge in [-0.25, -0.2) is 14.1 Å². The lowest BCUT2D eigenvalue weighted by Crippen LogP contribution is -1.94. The standard InChI is InChI=1S/C9H7BrFN3/c1-14-8(12-9(10)13-14)6-3-2-4-7(11)5-6/h2-5H,1H3. The molecule has 1 aromatic heterocycles. The SMILES string of the molecule is Cn1nc(Br)nc1-c1cccc(F)c1. The fourth-order valence-electron chi connectivity index (χ4n) is 1.23. The summed E-state index contributed by atoms with van der Waals surface area (Å²) in [5.74, 6) is 0.359. The molecule has 5 heteroatoms. The van der Waals surface area contributed by atoms with Crippen molar-refractivity contribution in [1.82, 2.24) is 14.8 Å². The van der Waals surface area contributed by atoms with Gasteiger partial charge in [0.25, 0.3) is 0 Å². The molecule has 0 N–H and O–H groups in total. The highest BCUT2D eigenvalue weighted by atomic mass is 79.9. The molecule has 3 nitrogen and oxygen atoms in total. The van der Waals surface area contributed by atoms with Gasteiger partial charge < -0.3 is 0 Å². The number of nitrogens with zero attached hydrogens (tertiary/aromatic N) is 3. The third kappa shape index (κ3) is 1.68. The van der Waals surface area contributed by atoms with Crippen molar-refractivity contribution in [1.29, 1.82) is 0 Å². The highest BCUT2D eigenvalue weighted by Crippen LogP contribution is 2.18. The van der Waals surface area contributed by atoms with Gasteiger partial charge in [-0.1, -0.05) is 12.1 Å². The Morgan fingerprint density at radius 3 is 2.79 bits per heavy atom. The van der Waals surface area contributed by atoms with Crippen LogP contribution in [-0.4, -0.2) is 14.8 Å². The van der Waals surface area contributed by atoms with Crippen LogP contribution in [0.5, 0.6) is 0 Å². The molecule has 0 fully saturated rings. The maximum Gasteiger partial charge on any atom is 0.217 e. The molecule has 14 heavy (non-hydrogen) atoms. The van der Waals surface area contributed by atoms with Crippen molar-refractivity contribution in [2.24, 2.45) is 7.05 Å². The Morgan fingerprint density at radius 2 is 2.21 bits per heavy atom. The molecular weight excluding hydrogens is 249 g/mol. The van der Waals surface area contributed by atoms with Crippen LogP contribution in [0.2, 0.25) is 0 Å². The zero-order valence-electron chi connectivity index (χ0n) is 7.41. The van der Waals surface area contributed by atoms with Crippen LogP contribution in [0, 0.1) is 5.82 Å². The number of aromatic nitrogens is 3. The third-order valence-electron chi connectivity index (χ3n) is 1.82. The van der Waals surface area contributed by atoms with E-state index in [9.17, 15) is 4.39 Å². The molecule has 2 rings (SSSR count). The zero-order chi connectivity index (χ0) is 10.1. The molecule has 1 heterocycles. The zero-order valence-corrected chi connectivity index (χ0v) is 8.99. The number of hydrogen-bond acceptors (Lipinski definition) is 2. The first-order chi connectivity index (χ1) is 6.66. The lowest BCUT2D eigenvalue weighted by Gasteiger charge is -1.98. The molecule has 0 aliphatic heterocycles. The van der Waals surface area contributed by atoms with E-state index in [4.69, 9.17) is 0 Å². The van der Waals surface area contributed by atoms with E-state index < -0.39 is 0 Å². The van der Waals surface area contributed by atoms with E-state index in [0.717, 1.165) is 0 Å². The predicted molar refractivity (Wildman–Crippen MR) is 54.1 cm³/mol. The van der Waals surface area contributed by atoms with Gasteiger partial charge in [0.1, 0.15) is 5.82 Å². The summed E-state index contributed by atoms with van der Waals surface area (Å²) in [4.78, 5) is 4.12. The van der Waals surface area contributed by atoms with Crippen LogP contribution >= 0.6 is 15.9 Å². The van der Waals surface area contributed by atoms with Gasteiger partial charge in [0, 0.05) is 12.6 Å². The van der Waals surface area contributed by atoms with E-state index in [0.29, 0.717) is 16.1 Å². The fraction of sp³-hybridized carbons (Fsp3) is 0.111. The van der Waals surface area contributed by atoms with Gasteiger partial charge in [-0.2, -0.15) is 0 Å². The smallest absolute Gasteiger partial charge is 0.217 e. The van der Waals surface area contributed by atoms with Crippen molar-refractivity contribution in [2.75, 3.05) is 0 Å². The van der Waals surface area contributed by atoms with E-state index in [-0.39, 0.29) is 5.82 Å². The number of benzene rings is 1. The van der Waals surface area contributed by atoms with Crippen molar-refractivity contribution in [3.05, 3.63) is 34.8 Å². The van der Waals surface area contributed by atoms with Crippen molar-refractivity contribution >= 4 is 15.9 Å². The quantitative estimate of drug-likeness (QED) is 0.784. The topological polar surface area (TPSA) is 30.7 Å². The van der Waals surface area contributed by atoms with Crippen LogP contribution in [0.4, 0.5) is 4.39 Å². The van der Waals surface area contributed by atoms with Crippen LogP contribution < -0.4 is 0 Å². The molecule has 72 valence electrons. The normalized spacial score (nSPS) is 10.5. The summed E-state index contributed by atoms with van der Waals surface area (Å²) < 4.78 is 15.0. The van der Waals surface area contributed by atoms with Gasteiger partial charge >= 0.3 is 0 Å². The second-order valence-electron chi connectivity index (χ2n) is 2.84. The monoisotopic (exact) mass is 255 g/mol. The molecule has 0 radical (unpaired) electrons. The summed E-state index contributed by atoms with van der Waals surface area (Å²) in [7, 11) is 1.76. The second-order valence-corrected chi connectivity index (χ2v) is 3.55. The molecule has 0 atom stereocenters. The molecule has 0 amide bonds. The lowest BCUT2D eigenvalue weighted by molar-refractivity contribution is 0.628. The molecule has 2 aromatic rings. The summed E-state index contributed by atoms with van der Waals surface area (Å²) >= 11 is 3.16. The maximum absolute atomic E-state index is 12.9. The van der Waals surface area contributed by atoms with Gasteiger partial charge in [-0.05, 0) is 28.1 Å². The van der Waals surface area contributed by atoms with Crippen LogP contribution in [0.15, 0.2) is 29.0 Å². The molecule has 0 spiro atoms. The van der Waals surface area contributed by atoms with E-state index in [1.165, 1.54) is 12.1 Å². The number of hydrogen-bond donors (Lipinski definition) is 0. The highest BCUT2D eigenvalue weighted by molar-refractivity contribution is 9.10. The average Bonchev–Trinajstić information content (AvgIpc) is 2.45. The van der Waals surface area contributed by atoms with Gasteiger partial charge in [-0.3, -0.25) is 0 Å². The minimum Gasteiger partial charge on any atom is -0.248 e. The van der Waals surface area contributed by atoms with E-state index in [1.54, 1.807) is 23.9 Å². The molecule has 0 saturated heterocycles. The Kier molecular flexibility index (Phi) is 2.33. The number of halogens is 2. The first kappa shape index (κ1) is 9.33. The Bertz CT molecular complexity index is 467. The molecule has 1 aromatic carbocycles. The molecule has 0 bridgehead atoms. The second kappa shape index (κ2) is 3.49. The Morgan fingerprint density at radius 1 is 1.43 bits per heavy atom. The highest BCUT2D eigenvalue weighted by Gasteiger charge is 2.07. The predicted octanol–water partition coefficient (Wildman–Crippen LogP) is 2.38. The van der Waals surface area contributed by atoms with Crippen molar-refractivity contribution in [2.45, 2.75) is 0 Å². The third-order valence-corrected chi connectivity index (χ3v) is 2.16. The van der Waals surface area contributed by atoms with Gasteiger partial charge in [0.2, 0.25) is 4.73 Å². The summed E-state index contributed by atoms with van der Waals surface area (Å²) in [6, 6.07) is 6.26. The molecule has 0 saturated carbocycles. The van der Waals surface area contributed by atoms with Crippen LogP contribution in [-0.2, 0) is 7.05 Å².